The number of benzene rings is 1. The summed E-state index contributed by atoms with van der Waals surface area (Å²) in [7, 11) is 0. The molecular formula is C18H22Cl2N2O2S. The maximum Gasteiger partial charge on any atom is 0.258 e. The van der Waals surface area contributed by atoms with Crippen LogP contribution in [0.4, 0.5) is 0 Å². The normalized spacial score (nSPS) is 15.4. The average molecular weight is 401 g/mol. The van der Waals surface area contributed by atoms with Gasteiger partial charge in [0.1, 0.15) is 5.75 Å². The van der Waals surface area contributed by atoms with Gasteiger partial charge in [0, 0.05) is 16.4 Å². The summed E-state index contributed by atoms with van der Waals surface area (Å²) >= 11 is 7.65. The van der Waals surface area contributed by atoms with Crippen LogP contribution in [0.2, 0.25) is 5.02 Å². The van der Waals surface area contributed by atoms with Crippen molar-refractivity contribution in [1.29, 1.82) is 0 Å². The molecule has 1 aromatic heterocycles. The Morgan fingerprint density at radius 2 is 2.08 bits per heavy atom. The molecule has 4 nitrogen and oxygen atoms in total. The van der Waals surface area contributed by atoms with Crippen molar-refractivity contribution in [2.45, 2.75) is 18.9 Å². The molecule has 3 rings (SSSR count). The number of carbonyl (C=O) groups excluding carboxylic acids is 1. The number of nitrogens with one attached hydrogen (secondary N) is 1. The van der Waals surface area contributed by atoms with Gasteiger partial charge in [-0.2, -0.15) is 0 Å². The number of hydrogen-bond donors (Lipinski definition) is 1. The highest BCUT2D eigenvalue weighted by Gasteiger charge is 2.24. The summed E-state index contributed by atoms with van der Waals surface area (Å²) in [6.45, 7) is 2.80. The Bertz CT molecular complexity index is 661. The molecule has 1 saturated heterocycles. The highest BCUT2D eigenvalue weighted by atomic mass is 35.5. The summed E-state index contributed by atoms with van der Waals surface area (Å²) in [5.74, 6) is 0.489. The lowest BCUT2D eigenvalue weighted by Gasteiger charge is -2.26. The molecule has 1 atom stereocenters. The summed E-state index contributed by atoms with van der Waals surface area (Å²) in [6.07, 6.45) is 2.46. The van der Waals surface area contributed by atoms with Crippen molar-refractivity contribution in [2.24, 2.45) is 0 Å². The third kappa shape index (κ3) is 5.89. The minimum atomic E-state index is -0.115. The van der Waals surface area contributed by atoms with Crippen LogP contribution in [0.25, 0.3) is 0 Å². The van der Waals surface area contributed by atoms with E-state index in [0.29, 0.717) is 17.3 Å². The molecule has 1 unspecified atom stereocenters. The predicted octanol–water partition coefficient (Wildman–Crippen LogP) is 4.16. The summed E-state index contributed by atoms with van der Waals surface area (Å²) in [4.78, 5) is 15.9. The van der Waals surface area contributed by atoms with Crippen LogP contribution < -0.4 is 10.1 Å². The first-order chi connectivity index (χ1) is 11.7. The van der Waals surface area contributed by atoms with E-state index in [1.54, 1.807) is 35.6 Å². The van der Waals surface area contributed by atoms with E-state index in [1.807, 2.05) is 0 Å². The Kier molecular flexibility index (Phi) is 8.03. The van der Waals surface area contributed by atoms with Crippen molar-refractivity contribution in [3.8, 4) is 5.75 Å². The third-order valence-corrected chi connectivity index (χ3v) is 5.32. The SMILES string of the molecule is Cl.O=C(COc1cccc(Cl)c1)NCC(c1cccs1)N1CCCC1. The number of thiophene rings is 1. The number of carbonyl (C=O) groups is 1. The maximum atomic E-state index is 12.1. The molecule has 0 bridgehead atoms. The van der Waals surface area contributed by atoms with E-state index >= 15 is 0 Å². The second-order valence-electron chi connectivity index (χ2n) is 5.82. The van der Waals surface area contributed by atoms with Crippen LogP contribution in [-0.4, -0.2) is 37.0 Å². The first-order valence-corrected chi connectivity index (χ1v) is 9.40. The molecule has 2 aromatic rings. The van der Waals surface area contributed by atoms with E-state index in [4.69, 9.17) is 16.3 Å². The number of amides is 1. The quantitative estimate of drug-likeness (QED) is 0.758. The van der Waals surface area contributed by atoms with Crippen LogP contribution in [0.5, 0.6) is 5.75 Å². The summed E-state index contributed by atoms with van der Waals surface area (Å²) in [5, 5.41) is 5.68. The topological polar surface area (TPSA) is 41.6 Å². The second-order valence-corrected chi connectivity index (χ2v) is 7.24. The average Bonchev–Trinajstić information content (AvgIpc) is 3.27. The van der Waals surface area contributed by atoms with Gasteiger partial charge in [-0.25, -0.2) is 0 Å². The van der Waals surface area contributed by atoms with Crippen molar-refractivity contribution in [1.82, 2.24) is 10.2 Å². The molecule has 25 heavy (non-hydrogen) atoms. The number of halogens is 2. The summed E-state index contributed by atoms with van der Waals surface area (Å²) < 4.78 is 5.49. The number of likely N-dealkylation sites (tertiary alicyclic amines) is 1. The summed E-state index contributed by atoms with van der Waals surface area (Å²) in [5.41, 5.74) is 0. The van der Waals surface area contributed by atoms with Gasteiger partial charge in [-0.1, -0.05) is 23.7 Å². The second kappa shape index (κ2) is 10.0. The fraction of sp³-hybridized carbons (Fsp3) is 0.389. The van der Waals surface area contributed by atoms with Gasteiger partial charge in [0.25, 0.3) is 5.91 Å². The first kappa shape index (κ1) is 20.0. The minimum Gasteiger partial charge on any atom is -0.484 e. The third-order valence-electron chi connectivity index (χ3n) is 4.11. The van der Waals surface area contributed by atoms with Crippen molar-refractivity contribution in [3.05, 3.63) is 51.7 Å². The van der Waals surface area contributed by atoms with E-state index in [-0.39, 0.29) is 31.0 Å². The van der Waals surface area contributed by atoms with Crippen LogP contribution in [0.3, 0.4) is 0 Å². The number of nitrogens with zero attached hydrogens (tertiary/aromatic N) is 1. The fourth-order valence-corrected chi connectivity index (χ4v) is 3.95. The van der Waals surface area contributed by atoms with Gasteiger partial charge in [0.2, 0.25) is 0 Å². The number of rotatable bonds is 7. The highest BCUT2D eigenvalue weighted by molar-refractivity contribution is 7.10. The number of ether oxygens (including phenoxy) is 1. The molecular weight excluding hydrogens is 379 g/mol. The Morgan fingerprint density at radius 1 is 1.28 bits per heavy atom. The van der Waals surface area contributed by atoms with E-state index in [0.717, 1.165) is 13.1 Å². The zero-order chi connectivity index (χ0) is 16.8. The Hall–Kier alpha value is -1.27. The molecule has 1 amide bonds. The van der Waals surface area contributed by atoms with Crippen molar-refractivity contribution in [2.75, 3.05) is 26.2 Å². The molecule has 1 aromatic carbocycles. The fourth-order valence-electron chi connectivity index (χ4n) is 2.91. The Morgan fingerprint density at radius 3 is 2.76 bits per heavy atom. The molecule has 1 N–H and O–H groups in total. The lowest BCUT2D eigenvalue weighted by atomic mass is 10.2. The van der Waals surface area contributed by atoms with Crippen molar-refractivity contribution < 1.29 is 9.53 Å². The van der Waals surface area contributed by atoms with Crippen LogP contribution >= 0.6 is 35.3 Å². The zero-order valence-corrected chi connectivity index (χ0v) is 16.2. The summed E-state index contributed by atoms with van der Waals surface area (Å²) in [6, 6.07) is 11.5. The minimum absolute atomic E-state index is 0. The van der Waals surface area contributed by atoms with Gasteiger partial charge in [-0.15, -0.1) is 23.7 Å². The van der Waals surface area contributed by atoms with Crippen LogP contribution in [0.15, 0.2) is 41.8 Å². The lowest BCUT2D eigenvalue weighted by Crippen LogP contribution is -2.38. The van der Waals surface area contributed by atoms with Gasteiger partial charge in [0.05, 0.1) is 6.04 Å². The molecule has 7 heteroatoms. The van der Waals surface area contributed by atoms with Gasteiger partial charge >= 0.3 is 0 Å². The first-order valence-electron chi connectivity index (χ1n) is 8.15. The molecule has 1 aliphatic heterocycles. The smallest absolute Gasteiger partial charge is 0.258 e. The van der Waals surface area contributed by atoms with E-state index in [1.165, 1.54) is 17.7 Å². The molecule has 2 heterocycles. The van der Waals surface area contributed by atoms with E-state index < -0.39 is 0 Å². The molecule has 0 saturated carbocycles. The molecule has 136 valence electrons. The highest BCUT2D eigenvalue weighted by Crippen LogP contribution is 2.27. The standard InChI is InChI=1S/C18H21ClN2O2S.ClH/c19-14-5-3-6-15(11-14)23-13-18(22)20-12-16(17-7-4-10-24-17)21-8-1-2-9-21;/h3-7,10-11,16H,1-2,8-9,12-13H2,(H,20,22);1H. The van der Waals surface area contributed by atoms with E-state index in [2.05, 4.69) is 27.7 Å². The van der Waals surface area contributed by atoms with Crippen LogP contribution in [-0.2, 0) is 4.79 Å². The van der Waals surface area contributed by atoms with Gasteiger partial charge in [-0.05, 0) is 55.6 Å². The van der Waals surface area contributed by atoms with Crippen LogP contribution in [0.1, 0.15) is 23.8 Å². The van der Waals surface area contributed by atoms with E-state index in [9.17, 15) is 4.79 Å². The monoisotopic (exact) mass is 400 g/mol. The maximum absolute atomic E-state index is 12.1. The van der Waals surface area contributed by atoms with Crippen molar-refractivity contribution in [3.63, 3.8) is 0 Å². The largest absolute Gasteiger partial charge is 0.484 e. The molecule has 1 fully saturated rings. The molecule has 0 radical (unpaired) electrons. The molecule has 0 aliphatic carbocycles. The van der Waals surface area contributed by atoms with Crippen molar-refractivity contribution >= 4 is 41.3 Å². The Labute approximate surface area is 163 Å². The van der Waals surface area contributed by atoms with Gasteiger partial charge in [-0.3, -0.25) is 9.69 Å². The predicted molar refractivity (Wildman–Crippen MR) is 105 cm³/mol. The van der Waals surface area contributed by atoms with Crippen LogP contribution in [0, 0.1) is 0 Å². The Balaban J connectivity index is 0.00000225. The lowest BCUT2D eigenvalue weighted by molar-refractivity contribution is -0.123. The molecule has 0 spiro atoms. The van der Waals surface area contributed by atoms with Gasteiger partial charge < -0.3 is 10.1 Å². The van der Waals surface area contributed by atoms with Gasteiger partial charge in [0.15, 0.2) is 6.61 Å². The molecule has 1 aliphatic rings. The zero-order valence-electron chi connectivity index (χ0n) is 13.8. The number of hydrogen-bond acceptors (Lipinski definition) is 4.